The molecule has 204 valence electrons. The van der Waals surface area contributed by atoms with Crippen molar-refractivity contribution in [2.45, 2.75) is 56.4 Å². The van der Waals surface area contributed by atoms with Gasteiger partial charge in [-0.3, -0.25) is 14.5 Å². The maximum Gasteiger partial charge on any atom is 0.282 e. The molecule has 3 aliphatic heterocycles. The molecular weight excluding hydrogens is 522 g/mol. The summed E-state index contributed by atoms with van der Waals surface area (Å²) in [5, 5.41) is 2.13. The summed E-state index contributed by atoms with van der Waals surface area (Å²) in [6.45, 7) is 5.28. The third-order valence-electron chi connectivity index (χ3n) is 8.65. The molecule has 1 aromatic heterocycles. The highest BCUT2D eigenvalue weighted by Gasteiger charge is 2.38. The summed E-state index contributed by atoms with van der Waals surface area (Å²) in [5.74, 6) is 0.0473. The molecule has 3 fully saturated rings. The van der Waals surface area contributed by atoms with Crippen molar-refractivity contribution in [3.8, 4) is 0 Å². The second-order valence-electron chi connectivity index (χ2n) is 10.9. The number of likely N-dealkylation sites (tertiary alicyclic amines) is 1. The molecule has 1 saturated carbocycles. The number of hydrogen-bond donors (Lipinski definition) is 0. The number of piperazine rings is 1. The highest BCUT2D eigenvalue weighted by molar-refractivity contribution is 7.89. The standard InChI is InChI=1S/C27H35N5O4S2/c33-26(31-18-23(19-31)29-11-13-30(14-12-29)27(34)25-28-9-15-37-25)21-6-7-22-17-32(10-8-20(22)16-21)38(35,36)24-4-2-1-3-5-24/h6-7,9,15-16,23-24H,1-5,8,10-14,17-19H2. The zero-order valence-corrected chi connectivity index (χ0v) is 23.3. The molecule has 0 bridgehead atoms. The van der Waals surface area contributed by atoms with Gasteiger partial charge in [0, 0.05) is 75.5 Å². The molecule has 1 aromatic carbocycles. The van der Waals surface area contributed by atoms with Crippen LogP contribution in [0.2, 0.25) is 0 Å². The number of sulfonamides is 1. The predicted molar refractivity (Wildman–Crippen MR) is 146 cm³/mol. The average molecular weight is 558 g/mol. The van der Waals surface area contributed by atoms with E-state index in [9.17, 15) is 18.0 Å². The number of nitrogens with zero attached hydrogens (tertiary/aromatic N) is 5. The highest BCUT2D eigenvalue weighted by Crippen LogP contribution is 2.30. The molecule has 38 heavy (non-hydrogen) atoms. The lowest BCUT2D eigenvalue weighted by molar-refractivity contribution is 0.00852. The van der Waals surface area contributed by atoms with Crippen LogP contribution in [0.15, 0.2) is 29.8 Å². The van der Waals surface area contributed by atoms with Crippen molar-refractivity contribution < 1.29 is 18.0 Å². The van der Waals surface area contributed by atoms with Gasteiger partial charge in [0.2, 0.25) is 10.0 Å². The second kappa shape index (κ2) is 10.7. The van der Waals surface area contributed by atoms with Crippen molar-refractivity contribution in [2.75, 3.05) is 45.8 Å². The minimum atomic E-state index is -3.27. The maximum absolute atomic E-state index is 13.2. The molecule has 0 atom stereocenters. The number of hydrogen-bond acceptors (Lipinski definition) is 7. The Hall–Kier alpha value is -2.34. The molecule has 4 heterocycles. The summed E-state index contributed by atoms with van der Waals surface area (Å²) in [5.41, 5.74) is 2.78. The quantitative estimate of drug-likeness (QED) is 0.561. The van der Waals surface area contributed by atoms with Crippen molar-refractivity contribution in [1.29, 1.82) is 0 Å². The Morgan fingerprint density at radius 1 is 0.895 bits per heavy atom. The SMILES string of the molecule is O=C(c1ccc2c(c1)CCN(S(=O)(=O)C1CCCCC1)C2)N1CC(N2CCN(C(=O)c3nccs3)CC2)C1. The van der Waals surface area contributed by atoms with Gasteiger partial charge in [-0.15, -0.1) is 11.3 Å². The van der Waals surface area contributed by atoms with Crippen LogP contribution < -0.4 is 0 Å². The normalized spacial score (nSPS) is 22.2. The number of aromatic nitrogens is 1. The van der Waals surface area contributed by atoms with Gasteiger partial charge < -0.3 is 9.80 Å². The fraction of sp³-hybridized carbons (Fsp3) is 0.593. The van der Waals surface area contributed by atoms with E-state index < -0.39 is 10.0 Å². The molecule has 0 spiro atoms. The molecule has 2 aromatic rings. The summed E-state index contributed by atoms with van der Waals surface area (Å²) >= 11 is 1.37. The largest absolute Gasteiger partial charge is 0.335 e. The summed E-state index contributed by atoms with van der Waals surface area (Å²) in [7, 11) is -3.27. The van der Waals surface area contributed by atoms with Crippen LogP contribution in [0.4, 0.5) is 0 Å². The van der Waals surface area contributed by atoms with Crippen molar-refractivity contribution >= 4 is 33.2 Å². The van der Waals surface area contributed by atoms with Gasteiger partial charge in [0.25, 0.3) is 11.8 Å². The molecule has 1 aliphatic carbocycles. The number of carbonyl (C=O) groups is 2. The van der Waals surface area contributed by atoms with E-state index >= 15 is 0 Å². The van der Waals surface area contributed by atoms with Gasteiger partial charge in [-0.25, -0.2) is 13.4 Å². The number of rotatable bonds is 5. The molecule has 4 aliphatic rings. The number of fused-ring (bicyclic) bond motifs is 1. The van der Waals surface area contributed by atoms with E-state index in [4.69, 9.17) is 0 Å². The summed E-state index contributed by atoms with van der Waals surface area (Å²) < 4.78 is 28.0. The van der Waals surface area contributed by atoms with Crippen LogP contribution in [-0.4, -0.2) is 101 Å². The summed E-state index contributed by atoms with van der Waals surface area (Å²) in [6.07, 6.45) is 6.99. The zero-order valence-electron chi connectivity index (χ0n) is 21.6. The van der Waals surface area contributed by atoms with Crippen LogP contribution in [0, 0.1) is 0 Å². The number of thiazole rings is 1. The number of carbonyl (C=O) groups excluding carboxylic acids is 2. The number of amides is 2. The first-order valence-corrected chi connectivity index (χ1v) is 16.1. The topological polar surface area (TPSA) is 94.1 Å². The first-order chi connectivity index (χ1) is 18.4. The fourth-order valence-electron chi connectivity index (χ4n) is 6.24. The van der Waals surface area contributed by atoms with Gasteiger partial charge in [-0.1, -0.05) is 25.3 Å². The lowest BCUT2D eigenvalue weighted by Gasteiger charge is -2.48. The molecular formula is C27H35N5O4S2. The maximum atomic E-state index is 13.2. The smallest absolute Gasteiger partial charge is 0.282 e. The Labute approximate surface area is 228 Å². The molecule has 9 nitrogen and oxygen atoms in total. The number of benzene rings is 1. The van der Waals surface area contributed by atoms with Crippen LogP contribution in [0.3, 0.4) is 0 Å². The summed E-state index contributed by atoms with van der Waals surface area (Å²) in [4.78, 5) is 36.0. The van der Waals surface area contributed by atoms with Crippen LogP contribution in [-0.2, 0) is 23.0 Å². The molecule has 0 unspecified atom stereocenters. The highest BCUT2D eigenvalue weighted by atomic mass is 32.2. The first-order valence-electron chi connectivity index (χ1n) is 13.7. The van der Waals surface area contributed by atoms with Crippen LogP contribution in [0.5, 0.6) is 0 Å². The van der Waals surface area contributed by atoms with Gasteiger partial charge in [0.05, 0.1) is 5.25 Å². The Morgan fingerprint density at radius 3 is 2.37 bits per heavy atom. The molecule has 11 heteroatoms. The van der Waals surface area contributed by atoms with E-state index in [0.717, 1.165) is 56.3 Å². The van der Waals surface area contributed by atoms with E-state index in [1.807, 2.05) is 33.4 Å². The van der Waals surface area contributed by atoms with Gasteiger partial charge in [-0.2, -0.15) is 4.31 Å². The van der Waals surface area contributed by atoms with Crippen LogP contribution >= 0.6 is 11.3 Å². The molecule has 2 amide bonds. The van der Waals surface area contributed by atoms with E-state index in [0.29, 0.717) is 62.3 Å². The predicted octanol–water partition coefficient (Wildman–Crippen LogP) is 2.45. The van der Waals surface area contributed by atoms with Gasteiger partial charge >= 0.3 is 0 Å². The van der Waals surface area contributed by atoms with Crippen molar-refractivity contribution in [3.05, 3.63) is 51.5 Å². The minimum absolute atomic E-state index is 0.00665. The van der Waals surface area contributed by atoms with E-state index in [2.05, 4.69) is 9.88 Å². The molecule has 2 saturated heterocycles. The minimum Gasteiger partial charge on any atom is -0.335 e. The Kier molecular flexibility index (Phi) is 7.28. The fourth-order valence-corrected chi connectivity index (χ4v) is 8.86. The third-order valence-corrected chi connectivity index (χ3v) is 11.8. The molecule has 6 rings (SSSR count). The summed E-state index contributed by atoms with van der Waals surface area (Å²) in [6, 6.07) is 6.10. The van der Waals surface area contributed by atoms with E-state index in [1.54, 1.807) is 10.5 Å². The van der Waals surface area contributed by atoms with E-state index in [-0.39, 0.29) is 17.1 Å². The van der Waals surface area contributed by atoms with Crippen LogP contribution in [0.1, 0.15) is 63.4 Å². The monoisotopic (exact) mass is 557 g/mol. The van der Waals surface area contributed by atoms with Crippen LogP contribution in [0.25, 0.3) is 0 Å². The Morgan fingerprint density at radius 2 is 1.66 bits per heavy atom. The lowest BCUT2D eigenvalue weighted by Crippen LogP contribution is -2.64. The molecule has 0 radical (unpaired) electrons. The van der Waals surface area contributed by atoms with Crippen molar-refractivity contribution in [1.82, 2.24) is 24.0 Å². The zero-order chi connectivity index (χ0) is 26.3. The van der Waals surface area contributed by atoms with E-state index in [1.165, 1.54) is 11.3 Å². The Bertz CT molecular complexity index is 1280. The van der Waals surface area contributed by atoms with Gasteiger partial charge in [-0.05, 0) is 42.5 Å². The van der Waals surface area contributed by atoms with Crippen molar-refractivity contribution in [3.63, 3.8) is 0 Å². The second-order valence-corrected chi connectivity index (χ2v) is 14.0. The lowest BCUT2D eigenvalue weighted by atomic mass is 9.97. The van der Waals surface area contributed by atoms with Gasteiger partial charge in [0.15, 0.2) is 5.01 Å². The van der Waals surface area contributed by atoms with Crippen molar-refractivity contribution in [2.24, 2.45) is 0 Å². The first kappa shape index (κ1) is 25.9. The third kappa shape index (κ3) is 5.01. The molecule has 0 N–H and O–H groups in total. The van der Waals surface area contributed by atoms with Gasteiger partial charge in [0.1, 0.15) is 0 Å². The average Bonchev–Trinajstić information content (AvgIpc) is 3.47. The Balaban J connectivity index is 1.01.